The molecule has 0 aliphatic carbocycles. The minimum atomic E-state index is -0.854. The molecule has 0 unspecified atom stereocenters. The first-order chi connectivity index (χ1) is 11.2. The van der Waals surface area contributed by atoms with Gasteiger partial charge < -0.3 is 14.6 Å². The number of nitrogens with zero attached hydrogens (tertiary/aromatic N) is 1. The van der Waals surface area contributed by atoms with Crippen LogP contribution in [0.2, 0.25) is 0 Å². The van der Waals surface area contributed by atoms with Crippen molar-refractivity contribution < 1.29 is 14.3 Å². The van der Waals surface area contributed by atoms with Gasteiger partial charge in [-0.1, -0.05) is 6.07 Å². The molecule has 0 radical (unpaired) electrons. The number of benzene rings is 1. The topological polar surface area (TPSA) is 60.3 Å². The van der Waals surface area contributed by atoms with Gasteiger partial charge in [0.05, 0.1) is 5.56 Å². The molecule has 1 aromatic carbocycles. The number of esters is 1. The second kappa shape index (κ2) is 6.91. The molecule has 2 rings (SSSR count). The van der Waals surface area contributed by atoms with Crippen molar-refractivity contribution in [3.05, 3.63) is 53.9 Å². The maximum atomic E-state index is 12.3. The molecule has 0 aliphatic rings. The summed E-state index contributed by atoms with van der Waals surface area (Å²) in [7, 11) is 0. The van der Waals surface area contributed by atoms with Crippen LogP contribution in [-0.4, -0.2) is 28.1 Å². The van der Waals surface area contributed by atoms with Crippen LogP contribution in [0.25, 0.3) is 5.69 Å². The normalized spacial score (nSPS) is 12.5. The largest absolute Gasteiger partial charge is 0.449 e. The highest BCUT2D eigenvalue weighted by Gasteiger charge is 2.23. The molecule has 0 saturated heterocycles. The Bertz CT molecular complexity index is 728. The Hall–Kier alpha value is -2.56. The Labute approximate surface area is 142 Å². The van der Waals surface area contributed by atoms with Gasteiger partial charge in [-0.3, -0.25) is 4.79 Å². The van der Waals surface area contributed by atoms with E-state index in [1.54, 1.807) is 19.1 Å². The van der Waals surface area contributed by atoms with E-state index in [0.29, 0.717) is 5.56 Å². The van der Waals surface area contributed by atoms with Gasteiger partial charge in [-0.25, -0.2) is 4.79 Å². The summed E-state index contributed by atoms with van der Waals surface area (Å²) >= 11 is 0. The van der Waals surface area contributed by atoms with Crippen molar-refractivity contribution in [2.24, 2.45) is 0 Å². The van der Waals surface area contributed by atoms with Crippen LogP contribution in [0.15, 0.2) is 42.7 Å². The summed E-state index contributed by atoms with van der Waals surface area (Å²) < 4.78 is 7.23. The molecule has 24 heavy (non-hydrogen) atoms. The van der Waals surface area contributed by atoms with E-state index in [9.17, 15) is 9.59 Å². The fraction of sp³-hybridized carbons (Fsp3) is 0.368. The van der Waals surface area contributed by atoms with Gasteiger partial charge in [-0.15, -0.1) is 0 Å². The zero-order chi connectivity index (χ0) is 17.9. The van der Waals surface area contributed by atoms with E-state index in [1.165, 1.54) is 0 Å². The number of carbonyl (C=O) groups excluding carboxylic acids is 2. The van der Waals surface area contributed by atoms with Crippen LogP contribution in [0.4, 0.5) is 0 Å². The molecular formula is C19H24N2O3. The first-order valence-electron chi connectivity index (χ1n) is 7.94. The zero-order valence-electron chi connectivity index (χ0n) is 14.8. The highest BCUT2D eigenvalue weighted by Crippen LogP contribution is 2.17. The lowest BCUT2D eigenvalue weighted by Crippen LogP contribution is -2.46. The summed E-state index contributed by atoms with van der Waals surface area (Å²) in [6, 6.07) is 9.18. The molecule has 1 atom stereocenters. The Balaban J connectivity index is 2.13. The average molecular weight is 328 g/mol. The highest BCUT2D eigenvalue weighted by atomic mass is 16.5. The molecule has 1 heterocycles. The molecule has 1 aromatic heterocycles. The lowest BCUT2D eigenvalue weighted by Gasteiger charge is -2.23. The predicted molar refractivity (Wildman–Crippen MR) is 93.3 cm³/mol. The first-order valence-corrected chi connectivity index (χ1v) is 7.94. The van der Waals surface area contributed by atoms with Crippen molar-refractivity contribution in [2.45, 2.75) is 46.3 Å². The molecule has 0 saturated carbocycles. The Morgan fingerprint density at radius 3 is 2.38 bits per heavy atom. The van der Waals surface area contributed by atoms with E-state index in [-0.39, 0.29) is 11.4 Å². The van der Waals surface area contributed by atoms with E-state index >= 15 is 0 Å². The summed E-state index contributed by atoms with van der Waals surface area (Å²) in [6.07, 6.45) is 2.97. The minimum absolute atomic E-state index is 0.311. The number of nitrogens with one attached hydrogen (secondary N) is 1. The number of carbonyl (C=O) groups is 2. The minimum Gasteiger partial charge on any atom is -0.449 e. The predicted octanol–water partition coefficient (Wildman–Crippen LogP) is 3.25. The third-order valence-corrected chi connectivity index (χ3v) is 3.48. The Morgan fingerprint density at radius 2 is 1.79 bits per heavy atom. The van der Waals surface area contributed by atoms with E-state index in [2.05, 4.69) is 5.32 Å². The molecule has 2 aromatic rings. The molecule has 5 nitrogen and oxygen atoms in total. The Morgan fingerprint density at radius 1 is 1.17 bits per heavy atom. The zero-order valence-corrected chi connectivity index (χ0v) is 14.8. The molecular weight excluding hydrogens is 304 g/mol. The quantitative estimate of drug-likeness (QED) is 0.877. The van der Waals surface area contributed by atoms with Crippen molar-refractivity contribution >= 4 is 11.9 Å². The molecule has 5 heteroatoms. The number of aromatic nitrogens is 1. The van der Waals surface area contributed by atoms with Crippen molar-refractivity contribution in [1.82, 2.24) is 9.88 Å². The number of amides is 1. The second-order valence-corrected chi connectivity index (χ2v) is 6.88. The van der Waals surface area contributed by atoms with Gasteiger partial charge in [0, 0.05) is 23.6 Å². The maximum Gasteiger partial charge on any atom is 0.338 e. The van der Waals surface area contributed by atoms with E-state index in [0.717, 1.165) is 11.3 Å². The number of hydrogen-bond acceptors (Lipinski definition) is 3. The molecule has 128 valence electrons. The smallest absolute Gasteiger partial charge is 0.338 e. The Kier molecular flexibility index (Phi) is 5.12. The number of hydrogen-bond donors (Lipinski definition) is 1. The SMILES string of the molecule is Cc1ccc(C(=O)O[C@H](C)C(=O)NC(C)(C)C)cc1-n1cccc1. The van der Waals surface area contributed by atoms with Crippen LogP contribution < -0.4 is 5.32 Å². The summed E-state index contributed by atoms with van der Waals surface area (Å²) in [6.45, 7) is 9.18. The van der Waals surface area contributed by atoms with Gasteiger partial charge in [0.2, 0.25) is 0 Å². The second-order valence-electron chi connectivity index (χ2n) is 6.88. The van der Waals surface area contributed by atoms with E-state index in [1.807, 2.05) is 62.9 Å². The van der Waals surface area contributed by atoms with Crippen LogP contribution in [0.5, 0.6) is 0 Å². The van der Waals surface area contributed by atoms with Crippen LogP contribution >= 0.6 is 0 Å². The van der Waals surface area contributed by atoms with Crippen molar-refractivity contribution in [3.8, 4) is 5.69 Å². The summed E-state index contributed by atoms with van der Waals surface area (Å²) in [5.74, 6) is -0.825. The molecule has 0 fully saturated rings. The maximum absolute atomic E-state index is 12.3. The third-order valence-electron chi connectivity index (χ3n) is 3.48. The van der Waals surface area contributed by atoms with Crippen molar-refractivity contribution in [3.63, 3.8) is 0 Å². The molecule has 1 N–H and O–H groups in total. The summed E-state index contributed by atoms with van der Waals surface area (Å²) in [5, 5.41) is 2.80. The third kappa shape index (κ3) is 4.47. The lowest BCUT2D eigenvalue weighted by molar-refractivity contribution is -0.130. The van der Waals surface area contributed by atoms with Gasteiger partial charge in [0.1, 0.15) is 0 Å². The molecule has 0 aliphatic heterocycles. The van der Waals surface area contributed by atoms with E-state index in [4.69, 9.17) is 4.74 Å². The summed E-state index contributed by atoms with van der Waals surface area (Å²) in [4.78, 5) is 24.4. The lowest BCUT2D eigenvalue weighted by atomic mass is 10.1. The number of rotatable bonds is 4. The molecule has 1 amide bonds. The first kappa shape index (κ1) is 17.8. The van der Waals surface area contributed by atoms with Crippen molar-refractivity contribution in [2.75, 3.05) is 0 Å². The van der Waals surface area contributed by atoms with Gasteiger partial charge >= 0.3 is 5.97 Å². The monoisotopic (exact) mass is 328 g/mol. The number of aryl methyl sites for hydroxylation is 1. The fourth-order valence-corrected chi connectivity index (χ4v) is 2.26. The highest BCUT2D eigenvalue weighted by molar-refractivity contribution is 5.93. The fourth-order valence-electron chi connectivity index (χ4n) is 2.26. The molecule has 0 bridgehead atoms. The van der Waals surface area contributed by atoms with Crippen LogP contribution in [0.3, 0.4) is 0 Å². The van der Waals surface area contributed by atoms with Crippen LogP contribution in [0.1, 0.15) is 43.6 Å². The van der Waals surface area contributed by atoms with Crippen LogP contribution in [-0.2, 0) is 9.53 Å². The summed E-state index contributed by atoms with van der Waals surface area (Å²) in [5.41, 5.74) is 1.99. The molecule has 0 spiro atoms. The average Bonchev–Trinajstić information content (AvgIpc) is 2.99. The van der Waals surface area contributed by atoms with Gasteiger partial charge in [-0.05, 0) is 64.4 Å². The number of ether oxygens (including phenoxy) is 1. The van der Waals surface area contributed by atoms with Gasteiger partial charge in [0.25, 0.3) is 5.91 Å². The van der Waals surface area contributed by atoms with Crippen molar-refractivity contribution in [1.29, 1.82) is 0 Å². The van der Waals surface area contributed by atoms with Gasteiger partial charge in [0.15, 0.2) is 6.10 Å². The van der Waals surface area contributed by atoms with Gasteiger partial charge in [-0.2, -0.15) is 0 Å². The standard InChI is InChI=1S/C19H24N2O3/c1-13-8-9-15(12-16(13)21-10-6-7-11-21)18(23)24-14(2)17(22)20-19(3,4)5/h6-12,14H,1-5H3,(H,20,22)/t14-/m1/s1. The van der Waals surface area contributed by atoms with E-state index < -0.39 is 12.1 Å². The van der Waals surface area contributed by atoms with Crippen LogP contribution in [0, 0.1) is 6.92 Å².